The fourth-order valence-electron chi connectivity index (χ4n) is 2.17. The summed E-state index contributed by atoms with van der Waals surface area (Å²) in [4.78, 5) is 15.7. The second kappa shape index (κ2) is 4.47. The van der Waals surface area contributed by atoms with E-state index in [1.165, 1.54) is 0 Å². The molecule has 2 saturated heterocycles. The minimum absolute atomic E-state index is 0.0758. The summed E-state index contributed by atoms with van der Waals surface area (Å²) >= 11 is 0. The molecule has 0 saturated carbocycles. The maximum atomic E-state index is 11.6. The van der Waals surface area contributed by atoms with Crippen molar-refractivity contribution in [3.8, 4) is 0 Å². The van der Waals surface area contributed by atoms with E-state index < -0.39 is 0 Å². The van der Waals surface area contributed by atoms with Crippen LogP contribution in [0.15, 0.2) is 0 Å². The van der Waals surface area contributed by atoms with Crippen LogP contribution in [-0.2, 0) is 9.53 Å². The highest BCUT2D eigenvalue weighted by atomic mass is 16.5. The number of amides is 1. The van der Waals surface area contributed by atoms with Crippen LogP contribution in [0.4, 0.5) is 0 Å². The van der Waals surface area contributed by atoms with E-state index in [2.05, 4.69) is 11.9 Å². The third-order valence-electron chi connectivity index (χ3n) is 3.10. The molecule has 0 aliphatic carbocycles. The average molecular weight is 213 g/mol. The molecule has 2 heterocycles. The normalized spacial score (nSPS) is 33.7. The lowest BCUT2D eigenvalue weighted by molar-refractivity contribution is -0.131. The van der Waals surface area contributed by atoms with Crippen molar-refractivity contribution >= 4 is 5.91 Å². The van der Waals surface area contributed by atoms with E-state index in [1.807, 2.05) is 4.90 Å². The summed E-state index contributed by atoms with van der Waals surface area (Å²) in [7, 11) is 2.08. The zero-order chi connectivity index (χ0) is 10.8. The van der Waals surface area contributed by atoms with Crippen LogP contribution in [0.2, 0.25) is 0 Å². The predicted octanol–water partition coefficient (Wildman–Crippen LogP) is -1.12. The largest absolute Gasteiger partial charge is 0.374 e. The van der Waals surface area contributed by atoms with Gasteiger partial charge in [0.05, 0.1) is 18.8 Å². The van der Waals surface area contributed by atoms with Crippen LogP contribution in [0, 0.1) is 0 Å². The summed E-state index contributed by atoms with van der Waals surface area (Å²) in [5, 5.41) is 0. The highest BCUT2D eigenvalue weighted by molar-refractivity contribution is 5.83. The maximum absolute atomic E-state index is 11.6. The van der Waals surface area contributed by atoms with Gasteiger partial charge in [0.2, 0.25) is 5.91 Å². The number of carbonyl (C=O) groups is 1. The van der Waals surface area contributed by atoms with Gasteiger partial charge in [-0.05, 0) is 13.5 Å². The minimum Gasteiger partial charge on any atom is -0.374 e. The van der Waals surface area contributed by atoms with Crippen molar-refractivity contribution in [3.05, 3.63) is 0 Å². The Morgan fingerprint density at radius 1 is 1.53 bits per heavy atom. The first-order chi connectivity index (χ1) is 7.16. The van der Waals surface area contributed by atoms with Crippen molar-refractivity contribution < 1.29 is 9.53 Å². The molecule has 2 aliphatic heterocycles. The number of nitrogens with zero attached hydrogens (tertiary/aromatic N) is 2. The second-order valence-electron chi connectivity index (χ2n) is 4.43. The van der Waals surface area contributed by atoms with E-state index in [1.54, 1.807) is 0 Å². The van der Waals surface area contributed by atoms with Crippen molar-refractivity contribution in [1.82, 2.24) is 9.80 Å². The van der Waals surface area contributed by atoms with E-state index in [-0.39, 0.29) is 18.1 Å². The molecule has 5 nitrogen and oxygen atoms in total. The highest BCUT2D eigenvalue weighted by Gasteiger charge is 2.31. The Kier molecular flexibility index (Phi) is 3.23. The van der Waals surface area contributed by atoms with E-state index >= 15 is 0 Å². The quantitative estimate of drug-likeness (QED) is 0.631. The smallest absolute Gasteiger partial charge is 0.239 e. The zero-order valence-electron chi connectivity index (χ0n) is 9.19. The van der Waals surface area contributed by atoms with E-state index in [0.29, 0.717) is 6.54 Å². The number of hydrogen-bond donors (Lipinski definition) is 1. The van der Waals surface area contributed by atoms with Crippen LogP contribution in [0.3, 0.4) is 0 Å². The minimum atomic E-state index is -0.286. The van der Waals surface area contributed by atoms with Crippen molar-refractivity contribution in [2.45, 2.75) is 18.6 Å². The number of carbonyl (C=O) groups excluding carboxylic acids is 1. The molecular weight excluding hydrogens is 194 g/mol. The van der Waals surface area contributed by atoms with Crippen molar-refractivity contribution in [2.24, 2.45) is 5.73 Å². The molecule has 2 rings (SSSR count). The van der Waals surface area contributed by atoms with Gasteiger partial charge in [0.1, 0.15) is 0 Å². The fraction of sp³-hybridized carbons (Fsp3) is 0.900. The average Bonchev–Trinajstić information content (AvgIpc) is 2.50. The van der Waals surface area contributed by atoms with Gasteiger partial charge < -0.3 is 20.3 Å². The number of nitrogens with two attached hydrogens (primary N) is 1. The molecule has 0 aromatic heterocycles. The Hall–Kier alpha value is -0.650. The first-order valence-corrected chi connectivity index (χ1v) is 5.51. The number of hydrogen-bond acceptors (Lipinski definition) is 4. The van der Waals surface area contributed by atoms with E-state index in [4.69, 9.17) is 10.5 Å². The molecule has 0 spiro atoms. The molecule has 0 radical (unpaired) electrons. The molecule has 15 heavy (non-hydrogen) atoms. The Bertz CT molecular complexity index is 247. The number of morpholine rings is 1. The number of rotatable bonds is 2. The van der Waals surface area contributed by atoms with Gasteiger partial charge in [-0.1, -0.05) is 0 Å². The summed E-state index contributed by atoms with van der Waals surface area (Å²) in [6, 6.07) is -0.286. The van der Waals surface area contributed by atoms with Gasteiger partial charge in [0.15, 0.2) is 0 Å². The molecule has 2 unspecified atom stereocenters. The van der Waals surface area contributed by atoms with Crippen LogP contribution in [0.25, 0.3) is 0 Å². The molecule has 2 N–H and O–H groups in total. The Morgan fingerprint density at radius 3 is 2.93 bits per heavy atom. The van der Waals surface area contributed by atoms with Gasteiger partial charge in [-0.15, -0.1) is 0 Å². The molecule has 86 valence electrons. The van der Waals surface area contributed by atoms with Crippen molar-refractivity contribution in [1.29, 1.82) is 0 Å². The van der Waals surface area contributed by atoms with Gasteiger partial charge in [-0.3, -0.25) is 4.79 Å². The van der Waals surface area contributed by atoms with Gasteiger partial charge in [0.25, 0.3) is 0 Å². The molecule has 0 aromatic rings. The molecule has 2 aliphatic rings. The van der Waals surface area contributed by atoms with Crippen LogP contribution >= 0.6 is 0 Å². The molecule has 2 atom stereocenters. The summed E-state index contributed by atoms with van der Waals surface area (Å²) < 4.78 is 5.62. The molecule has 1 amide bonds. The first kappa shape index (κ1) is 10.9. The van der Waals surface area contributed by atoms with Crippen LogP contribution < -0.4 is 5.73 Å². The number of ether oxygens (including phenoxy) is 1. The van der Waals surface area contributed by atoms with Crippen molar-refractivity contribution in [3.63, 3.8) is 0 Å². The van der Waals surface area contributed by atoms with Gasteiger partial charge in [0, 0.05) is 26.2 Å². The predicted molar refractivity (Wildman–Crippen MR) is 56.4 cm³/mol. The Morgan fingerprint density at radius 2 is 2.33 bits per heavy atom. The Balaban J connectivity index is 1.83. The summed E-state index contributed by atoms with van der Waals surface area (Å²) in [5.74, 6) is 0.0758. The number of likely N-dealkylation sites (tertiary alicyclic amines) is 1. The Labute approximate surface area is 90.1 Å². The van der Waals surface area contributed by atoms with Crippen LogP contribution in [-0.4, -0.2) is 67.7 Å². The molecule has 0 aromatic carbocycles. The molecule has 5 heteroatoms. The van der Waals surface area contributed by atoms with Crippen molar-refractivity contribution in [2.75, 3.05) is 39.8 Å². The summed E-state index contributed by atoms with van der Waals surface area (Å²) in [5.41, 5.74) is 5.66. The SMILES string of the molecule is CN1CCOC(CN2CCC(N)C2=O)C1. The summed E-state index contributed by atoms with van der Waals surface area (Å²) in [6.45, 7) is 4.11. The van der Waals surface area contributed by atoms with Gasteiger partial charge in [-0.2, -0.15) is 0 Å². The van der Waals surface area contributed by atoms with E-state index in [0.717, 1.165) is 32.7 Å². The third-order valence-corrected chi connectivity index (χ3v) is 3.10. The lowest BCUT2D eigenvalue weighted by atomic mass is 10.2. The zero-order valence-corrected chi connectivity index (χ0v) is 9.19. The third kappa shape index (κ3) is 2.48. The maximum Gasteiger partial charge on any atom is 0.239 e. The standard InChI is InChI=1S/C10H19N3O2/c1-12-4-5-15-8(6-12)7-13-3-2-9(11)10(13)14/h8-9H,2-7,11H2,1H3. The first-order valence-electron chi connectivity index (χ1n) is 5.51. The topological polar surface area (TPSA) is 58.8 Å². The highest BCUT2D eigenvalue weighted by Crippen LogP contribution is 2.12. The monoisotopic (exact) mass is 213 g/mol. The second-order valence-corrected chi connectivity index (χ2v) is 4.43. The van der Waals surface area contributed by atoms with E-state index in [9.17, 15) is 4.79 Å². The molecule has 2 fully saturated rings. The van der Waals surface area contributed by atoms with Gasteiger partial charge in [-0.25, -0.2) is 0 Å². The number of likely N-dealkylation sites (N-methyl/N-ethyl adjacent to an activating group) is 1. The lowest BCUT2D eigenvalue weighted by Gasteiger charge is -2.32. The lowest BCUT2D eigenvalue weighted by Crippen LogP contribution is -2.47. The molecular formula is C10H19N3O2. The summed E-state index contributed by atoms with van der Waals surface area (Å²) in [6.07, 6.45) is 0.930. The van der Waals surface area contributed by atoms with Crippen LogP contribution in [0.1, 0.15) is 6.42 Å². The van der Waals surface area contributed by atoms with Gasteiger partial charge >= 0.3 is 0 Å². The van der Waals surface area contributed by atoms with Crippen LogP contribution in [0.5, 0.6) is 0 Å². The molecule has 0 bridgehead atoms. The fourth-order valence-corrected chi connectivity index (χ4v) is 2.17.